The van der Waals surface area contributed by atoms with Crippen molar-refractivity contribution >= 4 is 5.69 Å². The van der Waals surface area contributed by atoms with Crippen LogP contribution in [0.3, 0.4) is 0 Å². The maximum atomic E-state index is 9.16. The van der Waals surface area contributed by atoms with Crippen molar-refractivity contribution in [2.24, 2.45) is 5.41 Å². The van der Waals surface area contributed by atoms with Gasteiger partial charge in [-0.05, 0) is 24.0 Å². The van der Waals surface area contributed by atoms with Gasteiger partial charge in [-0.1, -0.05) is 32.9 Å². The second-order valence-electron chi connectivity index (χ2n) is 5.29. The summed E-state index contributed by atoms with van der Waals surface area (Å²) in [5, 5.41) is 12.4. The first-order chi connectivity index (χ1) is 7.96. The van der Waals surface area contributed by atoms with E-state index in [1.807, 2.05) is 24.3 Å². The number of nitrogens with one attached hydrogen (secondary N) is 1. The van der Waals surface area contributed by atoms with Crippen LogP contribution in [-0.4, -0.2) is 13.2 Å². The summed E-state index contributed by atoms with van der Waals surface area (Å²) in [6, 6.07) is 9.73. The summed E-state index contributed by atoms with van der Waals surface area (Å²) in [5.41, 5.74) is 0.987. The number of hydrogen-bond donors (Lipinski definition) is 1. The van der Waals surface area contributed by atoms with E-state index in [1.165, 1.54) is 0 Å². The fraction of sp³-hybridized carbons (Fsp3) is 0.500. The van der Waals surface area contributed by atoms with Gasteiger partial charge in [-0.25, -0.2) is 0 Å². The first-order valence-corrected chi connectivity index (χ1v) is 5.75. The molecule has 3 nitrogen and oxygen atoms in total. The highest BCUT2D eigenvalue weighted by molar-refractivity contribution is 5.57. The van der Waals surface area contributed by atoms with Crippen LogP contribution in [0.1, 0.15) is 27.2 Å². The Labute approximate surface area is 103 Å². The summed E-state index contributed by atoms with van der Waals surface area (Å²) in [6.07, 6.45) is 0.793. The van der Waals surface area contributed by atoms with Crippen molar-refractivity contribution in [1.29, 1.82) is 5.26 Å². The van der Waals surface area contributed by atoms with Gasteiger partial charge in [0.25, 0.3) is 0 Å². The van der Waals surface area contributed by atoms with Gasteiger partial charge in [-0.3, -0.25) is 0 Å². The molecule has 0 fully saturated rings. The SMILES string of the molecule is COc1ccccc1NC(C#N)CC(C)(C)C. The van der Waals surface area contributed by atoms with Crippen molar-refractivity contribution in [3.05, 3.63) is 24.3 Å². The van der Waals surface area contributed by atoms with Gasteiger partial charge in [0.2, 0.25) is 0 Å². The number of hydrogen-bond acceptors (Lipinski definition) is 3. The lowest BCUT2D eigenvalue weighted by molar-refractivity contribution is 0.369. The molecular formula is C14H20N2O. The third-order valence-corrected chi connectivity index (χ3v) is 2.41. The number of methoxy groups -OCH3 is 1. The first kappa shape index (κ1) is 13.4. The zero-order valence-corrected chi connectivity index (χ0v) is 10.9. The van der Waals surface area contributed by atoms with Gasteiger partial charge in [0, 0.05) is 0 Å². The number of anilines is 1. The maximum absolute atomic E-state index is 9.16. The Balaban J connectivity index is 2.78. The van der Waals surface area contributed by atoms with Gasteiger partial charge in [0.1, 0.15) is 11.8 Å². The molecule has 0 saturated heterocycles. The number of rotatable bonds is 4. The van der Waals surface area contributed by atoms with E-state index < -0.39 is 0 Å². The first-order valence-electron chi connectivity index (χ1n) is 5.75. The molecule has 3 heteroatoms. The number of ether oxygens (including phenoxy) is 1. The van der Waals surface area contributed by atoms with Crippen LogP contribution < -0.4 is 10.1 Å². The summed E-state index contributed by atoms with van der Waals surface area (Å²) in [4.78, 5) is 0. The molecule has 92 valence electrons. The molecule has 17 heavy (non-hydrogen) atoms. The molecule has 0 saturated carbocycles. The minimum Gasteiger partial charge on any atom is -0.495 e. The molecule has 0 aliphatic carbocycles. The Hall–Kier alpha value is -1.69. The van der Waals surface area contributed by atoms with Crippen molar-refractivity contribution in [3.63, 3.8) is 0 Å². The van der Waals surface area contributed by atoms with E-state index in [0.717, 1.165) is 17.9 Å². The van der Waals surface area contributed by atoms with Crippen LogP contribution in [0, 0.1) is 16.7 Å². The van der Waals surface area contributed by atoms with Crippen LogP contribution in [0.4, 0.5) is 5.69 Å². The smallest absolute Gasteiger partial charge is 0.141 e. The summed E-state index contributed by atoms with van der Waals surface area (Å²) < 4.78 is 5.25. The van der Waals surface area contributed by atoms with E-state index in [0.29, 0.717) is 0 Å². The predicted molar refractivity (Wildman–Crippen MR) is 70.1 cm³/mol. The van der Waals surface area contributed by atoms with E-state index in [1.54, 1.807) is 7.11 Å². The van der Waals surface area contributed by atoms with E-state index in [4.69, 9.17) is 10.00 Å². The molecule has 1 aromatic carbocycles. The van der Waals surface area contributed by atoms with Crippen molar-refractivity contribution < 1.29 is 4.74 Å². The molecule has 0 bridgehead atoms. The number of nitriles is 1. The molecule has 0 radical (unpaired) electrons. The highest BCUT2D eigenvalue weighted by Gasteiger charge is 2.19. The standard InChI is InChI=1S/C14H20N2O/c1-14(2,3)9-11(10-15)16-12-7-5-6-8-13(12)17-4/h5-8,11,16H,9H2,1-4H3. The monoisotopic (exact) mass is 232 g/mol. The number of nitrogens with zero attached hydrogens (tertiary/aromatic N) is 1. The van der Waals surface area contributed by atoms with Crippen molar-refractivity contribution in [2.75, 3.05) is 12.4 Å². The second-order valence-corrected chi connectivity index (χ2v) is 5.29. The third kappa shape index (κ3) is 4.36. The Morgan fingerprint density at radius 1 is 1.35 bits per heavy atom. The number of benzene rings is 1. The zero-order valence-electron chi connectivity index (χ0n) is 10.9. The molecule has 0 aromatic heterocycles. The highest BCUT2D eigenvalue weighted by atomic mass is 16.5. The Morgan fingerprint density at radius 3 is 2.53 bits per heavy atom. The number of para-hydroxylation sites is 2. The van der Waals surface area contributed by atoms with Crippen molar-refractivity contribution in [2.45, 2.75) is 33.2 Å². The average Bonchev–Trinajstić information content (AvgIpc) is 2.27. The molecule has 0 heterocycles. The lowest BCUT2D eigenvalue weighted by atomic mass is 9.88. The third-order valence-electron chi connectivity index (χ3n) is 2.41. The second kappa shape index (κ2) is 5.58. The molecule has 0 spiro atoms. The van der Waals surface area contributed by atoms with Gasteiger partial charge >= 0.3 is 0 Å². The molecule has 1 rings (SSSR count). The average molecular weight is 232 g/mol. The summed E-state index contributed by atoms with van der Waals surface area (Å²) >= 11 is 0. The fourth-order valence-electron chi connectivity index (χ4n) is 1.69. The summed E-state index contributed by atoms with van der Waals surface area (Å²) in [6.45, 7) is 6.38. The quantitative estimate of drug-likeness (QED) is 0.865. The molecule has 1 unspecified atom stereocenters. The van der Waals surface area contributed by atoms with Crippen LogP contribution >= 0.6 is 0 Å². The predicted octanol–water partition coefficient (Wildman–Crippen LogP) is 3.44. The molecule has 0 aliphatic rings. The fourth-order valence-corrected chi connectivity index (χ4v) is 1.69. The van der Waals surface area contributed by atoms with Crippen molar-refractivity contribution in [1.82, 2.24) is 0 Å². The largest absolute Gasteiger partial charge is 0.495 e. The molecule has 1 atom stereocenters. The maximum Gasteiger partial charge on any atom is 0.141 e. The van der Waals surface area contributed by atoms with Crippen LogP contribution in [0.2, 0.25) is 0 Å². The van der Waals surface area contributed by atoms with Gasteiger partial charge in [0.05, 0.1) is 18.9 Å². The Bertz CT molecular complexity index is 401. The van der Waals surface area contributed by atoms with Crippen molar-refractivity contribution in [3.8, 4) is 11.8 Å². The van der Waals surface area contributed by atoms with Gasteiger partial charge in [-0.15, -0.1) is 0 Å². The van der Waals surface area contributed by atoms with Gasteiger partial charge in [0.15, 0.2) is 0 Å². The molecule has 0 aliphatic heterocycles. The van der Waals surface area contributed by atoms with Gasteiger partial charge < -0.3 is 10.1 Å². The van der Waals surface area contributed by atoms with E-state index in [9.17, 15) is 0 Å². The van der Waals surface area contributed by atoms with E-state index in [-0.39, 0.29) is 11.5 Å². The lowest BCUT2D eigenvalue weighted by Gasteiger charge is -2.23. The Kier molecular flexibility index (Phi) is 4.39. The lowest BCUT2D eigenvalue weighted by Crippen LogP contribution is -2.24. The minimum absolute atomic E-state index is 0.120. The normalized spacial score (nSPS) is 12.6. The van der Waals surface area contributed by atoms with Crippen LogP contribution in [0.5, 0.6) is 5.75 Å². The topological polar surface area (TPSA) is 45.0 Å². The molecular weight excluding hydrogens is 212 g/mol. The Morgan fingerprint density at radius 2 is 2.00 bits per heavy atom. The molecule has 0 amide bonds. The molecule has 1 aromatic rings. The van der Waals surface area contributed by atoms with Crippen LogP contribution in [-0.2, 0) is 0 Å². The summed E-state index contributed by atoms with van der Waals surface area (Å²) in [7, 11) is 1.63. The minimum atomic E-state index is -0.203. The summed E-state index contributed by atoms with van der Waals surface area (Å²) in [5.74, 6) is 0.765. The van der Waals surface area contributed by atoms with Crippen LogP contribution in [0.25, 0.3) is 0 Å². The zero-order chi connectivity index (χ0) is 12.9. The van der Waals surface area contributed by atoms with E-state index >= 15 is 0 Å². The molecule has 1 N–H and O–H groups in total. The highest BCUT2D eigenvalue weighted by Crippen LogP contribution is 2.27. The van der Waals surface area contributed by atoms with Crippen LogP contribution in [0.15, 0.2) is 24.3 Å². The van der Waals surface area contributed by atoms with Gasteiger partial charge in [-0.2, -0.15) is 5.26 Å². The van der Waals surface area contributed by atoms with E-state index in [2.05, 4.69) is 32.2 Å².